The molecule has 0 aromatic heterocycles. The fourth-order valence-electron chi connectivity index (χ4n) is 1.70. The Bertz CT molecular complexity index is 314. The number of nitrogens with one attached hydrogen (secondary N) is 1. The highest BCUT2D eigenvalue weighted by Gasteiger charge is 2.08. The first-order valence-corrected chi connectivity index (χ1v) is 6.03. The van der Waals surface area contributed by atoms with E-state index in [9.17, 15) is 0 Å². The Balaban J connectivity index is 2.12. The first-order chi connectivity index (χ1) is 6.90. The van der Waals surface area contributed by atoms with Gasteiger partial charge in [-0.05, 0) is 36.2 Å². The number of alkyl halides is 1. The van der Waals surface area contributed by atoms with Gasteiger partial charge in [-0.25, -0.2) is 0 Å². The highest BCUT2D eigenvalue weighted by Crippen LogP contribution is 2.20. The van der Waals surface area contributed by atoms with Gasteiger partial charge in [-0.3, -0.25) is 0 Å². The first-order valence-electron chi connectivity index (χ1n) is 4.91. The van der Waals surface area contributed by atoms with Gasteiger partial charge in [-0.2, -0.15) is 0 Å². The summed E-state index contributed by atoms with van der Waals surface area (Å²) in [6.45, 7) is 2.81. The van der Waals surface area contributed by atoms with Gasteiger partial charge < -0.3 is 10.1 Å². The second-order valence-corrected chi connectivity index (χ2v) is 4.19. The lowest BCUT2D eigenvalue weighted by Crippen LogP contribution is -2.23. The Kier molecular flexibility index (Phi) is 3.43. The molecule has 0 spiro atoms. The highest BCUT2D eigenvalue weighted by molar-refractivity contribution is 9.09. The molecular formula is C11H14BrNO. The Morgan fingerprint density at radius 3 is 3.14 bits per heavy atom. The lowest BCUT2D eigenvalue weighted by Gasteiger charge is -2.17. The molecule has 1 aromatic carbocycles. The van der Waals surface area contributed by atoms with Gasteiger partial charge in [0.2, 0.25) is 0 Å². The average Bonchev–Trinajstić information content (AvgIpc) is 2.26. The molecule has 1 N–H and O–H groups in total. The molecular weight excluding hydrogens is 242 g/mol. The summed E-state index contributed by atoms with van der Waals surface area (Å²) in [6, 6.07) is 6.37. The maximum Gasteiger partial charge on any atom is 0.119 e. The van der Waals surface area contributed by atoms with Crippen LogP contribution < -0.4 is 10.1 Å². The van der Waals surface area contributed by atoms with Gasteiger partial charge in [0.15, 0.2) is 0 Å². The minimum absolute atomic E-state index is 0.733. The highest BCUT2D eigenvalue weighted by atomic mass is 79.9. The summed E-state index contributed by atoms with van der Waals surface area (Å²) in [5, 5.41) is 4.24. The summed E-state index contributed by atoms with van der Waals surface area (Å²) in [4.78, 5) is 0. The lowest BCUT2D eigenvalue weighted by molar-refractivity contribution is 0.344. The van der Waals surface area contributed by atoms with Crippen LogP contribution in [0.4, 0.5) is 0 Å². The number of halogens is 1. The number of fused-ring (bicyclic) bond motifs is 1. The molecule has 1 aliphatic heterocycles. The van der Waals surface area contributed by atoms with E-state index in [0.29, 0.717) is 0 Å². The predicted molar refractivity (Wildman–Crippen MR) is 61.1 cm³/mol. The van der Waals surface area contributed by atoms with E-state index in [2.05, 4.69) is 39.4 Å². The van der Waals surface area contributed by atoms with Crippen molar-refractivity contribution in [3.05, 3.63) is 29.3 Å². The van der Waals surface area contributed by atoms with Crippen molar-refractivity contribution in [1.82, 2.24) is 5.32 Å². The molecule has 0 bridgehead atoms. The van der Waals surface area contributed by atoms with Crippen molar-refractivity contribution in [2.45, 2.75) is 13.0 Å². The third-order valence-electron chi connectivity index (χ3n) is 2.41. The molecule has 1 aliphatic rings. The van der Waals surface area contributed by atoms with Crippen LogP contribution >= 0.6 is 15.9 Å². The normalized spacial score (nSPS) is 14.9. The Hall–Kier alpha value is -0.540. The molecule has 0 atom stereocenters. The largest absolute Gasteiger partial charge is 0.493 e. The van der Waals surface area contributed by atoms with Crippen LogP contribution in [-0.2, 0) is 13.0 Å². The number of benzene rings is 1. The van der Waals surface area contributed by atoms with E-state index in [0.717, 1.165) is 37.2 Å². The molecule has 14 heavy (non-hydrogen) atoms. The zero-order valence-corrected chi connectivity index (χ0v) is 9.64. The van der Waals surface area contributed by atoms with E-state index in [1.165, 1.54) is 11.1 Å². The van der Waals surface area contributed by atoms with Crippen molar-refractivity contribution in [2.24, 2.45) is 0 Å². The maximum absolute atomic E-state index is 5.55. The van der Waals surface area contributed by atoms with Crippen LogP contribution in [0, 0.1) is 0 Å². The summed E-state index contributed by atoms with van der Waals surface area (Å²) >= 11 is 3.35. The van der Waals surface area contributed by atoms with E-state index < -0.39 is 0 Å². The first kappa shape index (κ1) is 9.99. The molecule has 0 aliphatic carbocycles. The zero-order chi connectivity index (χ0) is 9.80. The van der Waals surface area contributed by atoms with Crippen molar-refractivity contribution in [2.75, 3.05) is 18.5 Å². The van der Waals surface area contributed by atoms with Gasteiger partial charge in [0.1, 0.15) is 5.75 Å². The van der Waals surface area contributed by atoms with Crippen molar-refractivity contribution in [3.8, 4) is 5.75 Å². The molecule has 2 nitrogen and oxygen atoms in total. The number of hydrogen-bond acceptors (Lipinski definition) is 2. The van der Waals surface area contributed by atoms with Crippen molar-refractivity contribution < 1.29 is 4.74 Å². The Morgan fingerprint density at radius 1 is 1.36 bits per heavy atom. The fourth-order valence-corrected chi connectivity index (χ4v) is 1.86. The van der Waals surface area contributed by atoms with Crippen molar-refractivity contribution in [3.63, 3.8) is 0 Å². The van der Waals surface area contributed by atoms with E-state index in [-0.39, 0.29) is 0 Å². The lowest BCUT2D eigenvalue weighted by atomic mass is 10.0. The SMILES string of the molecule is BrCCOc1ccc2c(c1)CCNC2. The van der Waals surface area contributed by atoms with Gasteiger partial charge >= 0.3 is 0 Å². The average molecular weight is 256 g/mol. The summed E-state index contributed by atoms with van der Waals surface area (Å²) in [5.41, 5.74) is 2.83. The summed E-state index contributed by atoms with van der Waals surface area (Å²) in [6.07, 6.45) is 1.11. The second-order valence-electron chi connectivity index (χ2n) is 3.39. The van der Waals surface area contributed by atoms with Crippen LogP contribution in [0.5, 0.6) is 5.75 Å². The molecule has 76 valence electrons. The number of hydrogen-bond donors (Lipinski definition) is 1. The molecule has 0 unspecified atom stereocenters. The standard InChI is InChI=1S/C11H14BrNO/c12-4-6-14-11-2-1-10-8-13-5-3-9(10)7-11/h1-2,7,13H,3-6,8H2. The summed E-state index contributed by atoms with van der Waals surface area (Å²) < 4.78 is 5.55. The van der Waals surface area contributed by atoms with Gasteiger partial charge in [-0.1, -0.05) is 22.0 Å². The van der Waals surface area contributed by atoms with Crippen LogP contribution in [-0.4, -0.2) is 18.5 Å². The van der Waals surface area contributed by atoms with Gasteiger partial charge in [0.05, 0.1) is 6.61 Å². The minimum Gasteiger partial charge on any atom is -0.493 e. The molecule has 0 saturated carbocycles. The predicted octanol–water partition coefficient (Wildman–Crippen LogP) is 2.11. The van der Waals surface area contributed by atoms with Gasteiger partial charge in [0.25, 0.3) is 0 Å². The molecule has 3 heteroatoms. The number of rotatable bonds is 3. The van der Waals surface area contributed by atoms with Gasteiger partial charge in [0, 0.05) is 11.9 Å². The van der Waals surface area contributed by atoms with Crippen LogP contribution in [0.3, 0.4) is 0 Å². The molecule has 0 saturated heterocycles. The Labute approximate surface area is 92.8 Å². The smallest absolute Gasteiger partial charge is 0.119 e. The van der Waals surface area contributed by atoms with Gasteiger partial charge in [-0.15, -0.1) is 0 Å². The molecule has 0 amide bonds. The van der Waals surface area contributed by atoms with Crippen molar-refractivity contribution in [1.29, 1.82) is 0 Å². The molecule has 1 aromatic rings. The third-order valence-corrected chi connectivity index (χ3v) is 2.73. The monoisotopic (exact) mass is 255 g/mol. The minimum atomic E-state index is 0.733. The van der Waals surface area contributed by atoms with E-state index in [1.807, 2.05) is 0 Å². The molecule has 1 heterocycles. The topological polar surface area (TPSA) is 21.3 Å². The summed E-state index contributed by atoms with van der Waals surface area (Å²) in [7, 11) is 0. The maximum atomic E-state index is 5.55. The van der Waals surface area contributed by atoms with E-state index >= 15 is 0 Å². The van der Waals surface area contributed by atoms with Crippen LogP contribution in [0.15, 0.2) is 18.2 Å². The summed E-state index contributed by atoms with van der Waals surface area (Å²) in [5.74, 6) is 0.991. The third kappa shape index (κ3) is 2.28. The zero-order valence-electron chi connectivity index (χ0n) is 8.05. The Morgan fingerprint density at radius 2 is 2.29 bits per heavy atom. The second kappa shape index (κ2) is 4.80. The quantitative estimate of drug-likeness (QED) is 0.836. The van der Waals surface area contributed by atoms with Crippen LogP contribution in [0.25, 0.3) is 0 Å². The van der Waals surface area contributed by atoms with E-state index in [4.69, 9.17) is 4.74 Å². The fraction of sp³-hybridized carbons (Fsp3) is 0.455. The molecule has 2 rings (SSSR count). The van der Waals surface area contributed by atoms with E-state index in [1.54, 1.807) is 0 Å². The molecule has 0 radical (unpaired) electrons. The number of ether oxygens (including phenoxy) is 1. The van der Waals surface area contributed by atoms with Crippen LogP contribution in [0.2, 0.25) is 0 Å². The van der Waals surface area contributed by atoms with Crippen LogP contribution in [0.1, 0.15) is 11.1 Å². The van der Waals surface area contributed by atoms with Crippen molar-refractivity contribution >= 4 is 15.9 Å². The molecule has 0 fully saturated rings.